The van der Waals surface area contributed by atoms with Crippen molar-refractivity contribution in [2.75, 3.05) is 6.54 Å². The lowest BCUT2D eigenvalue weighted by atomic mass is 9.75. The highest BCUT2D eigenvalue weighted by Gasteiger charge is 2.46. The number of alkyl halides is 3. The molecule has 1 aliphatic rings. The van der Waals surface area contributed by atoms with Crippen LogP contribution in [0.4, 0.5) is 13.2 Å². The molecule has 4 nitrogen and oxygen atoms in total. The molecule has 114 valence electrons. The lowest BCUT2D eigenvalue weighted by molar-refractivity contribution is -0.187. The number of carboxylic acid groups (broad SMARTS) is 1. The summed E-state index contributed by atoms with van der Waals surface area (Å²) in [6.45, 7) is 2.85. The monoisotopic (exact) mass is 301 g/mol. The standard InChI is InChI=1S/C14H14F3NO3/c1-13(2)7-18(12(21)14(15,16)17)6-8-4-3-5-9(10(8)13)11(19)20/h3-5H,6-7H2,1-2H3,(H,19,20). The molecule has 1 N–H and O–H groups in total. The van der Waals surface area contributed by atoms with Crippen LogP contribution in [0.15, 0.2) is 18.2 Å². The van der Waals surface area contributed by atoms with Crippen molar-refractivity contribution in [3.63, 3.8) is 0 Å². The molecular weight excluding hydrogens is 287 g/mol. The van der Waals surface area contributed by atoms with Gasteiger partial charge in [0.2, 0.25) is 0 Å². The van der Waals surface area contributed by atoms with Crippen LogP contribution < -0.4 is 0 Å². The van der Waals surface area contributed by atoms with Crippen LogP contribution in [0.3, 0.4) is 0 Å². The Morgan fingerprint density at radius 3 is 2.43 bits per heavy atom. The van der Waals surface area contributed by atoms with Crippen molar-refractivity contribution in [3.05, 3.63) is 34.9 Å². The van der Waals surface area contributed by atoms with Gasteiger partial charge >= 0.3 is 18.1 Å². The van der Waals surface area contributed by atoms with E-state index in [0.29, 0.717) is 16.0 Å². The van der Waals surface area contributed by atoms with Crippen LogP contribution in [0.1, 0.15) is 35.3 Å². The first kappa shape index (κ1) is 15.3. The highest BCUT2D eigenvalue weighted by atomic mass is 19.4. The van der Waals surface area contributed by atoms with E-state index in [1.165, 1.54) is 12.1 Å². The molecule has 0 bridgehead atoms. The Morgan fingerprint density at radius 2 is 1.90 bits per heavy atom. The largest absolute Gasteiger partial charge is 0.478 e. The molecule has 2 rings (SSSR count). The fraction of sp³-hybridized carbons (Fsp3) is 0.429. The summed E-state index contributed by atoms with van der Waals surface area (Å²) in [5, 5.41) is 9.22. The third kappa shape index (κ3) is 2.72. The van der Waals surface area contributed by atoms with Crippen LogP contribution in [0.2, 0.25) is 0 Å². The molecule has 1 heterocycles. The number of amides is 1. The fourth-order valence-corrected chi connectivity index (χ4v) is 2.85. The molecule has 21 heavy (non-hydrogen) atoms. The molecule has 0 atom stereocenters. The van der Waals surface area contributed by atoms with E-state index in [1.807, 2.05) is 0 Å². The summed E-state index contributed by atoms with van der Waals surface area (Å²) in [5.41, 5.74) is 0.118. The maximum Gasteiger partial charge on any atom is 0.471 e. The Morgan fingerprint density at radius 1 is 1.29 bits per heavy atom. The summed E-state index contributed by atoms with van der Waals surface area (Å²) >= 11 is 0. The Balaban J connectivity index is 2.49. The SMILES string of the molecule is CC1(C)CN(C(=O)C(F)(F)F)Cc2cccc(C(=O)O)c21. The topological polar surface area (TPSA) is 57.6 Å². The molecule has 1 aromatic rings. The van der Waals surface area contributed by atoms with Gasteiger partial charge in [0, 0.05) is 18.5 Å². The van der Waals surface area contributed by atoms with Gasteiger partial charge in [0.1, 0.15) is 0 Å². The molecule has 0 saturated carbocycles. The number of rotatable bonds is 1. The summed E-state index contributed by atoms with van der Waals surface area (Å²) in [5.74, 6) is -3.03. The molecule has 1 aliphatic heterocycles. The predicted molar refractivity (Wildman–Crippen MR) is 67.9 cm³/mol. The Bertz CT molecular complexity index is 608. The second-order valence-electron chi connectivity index (χ2n) is 5.69. The van der Waals surface area contributed by atoms with Gasteiger partial charge in [0.25, 0.3) is 0 Å². The maximum atomic E-state index is 12.6. The van der Waals surface area contributed by atoms with Crippen LogP contribution in [0.25, 0.3) is 0 Å². The summed E-state index contributed by atoms with van der Waals surface area (Å²) in [6.07, 6.45) is -4.93. The molecule has 0 saturated heterocycles. The molecule has 0 radical (unpaired) electrons. The van der Waals surface area contributed by atoms with Gasteiger partial charge < -0.3 is 10.0 Å². The Labute approximate surface area is 119 Å². The zero-order chi connectivity index (χ0) is 16.0. The van der Waals surface area contributed by atoms with E-state index < -0.39 is 23.5 Å². The molecule has 7 heteroatoms. The van der Waals surface area contributed by atoms with Crippen molar-refractivity contribution in [1.82, 2.24) is 4.90 Å². The van der Waals surface area contributed by atoms with Gasteiger partial charge in [0.15, 0.2) is 0 Å². The van der Waals surface area contributed by atoms with Crippen molar-refractivity contribution in [2.24, 2.45) is 0 Å². The van der Waals surface area contributed by atoms with Crippen molar-refractivity contribution in [2.45, 2.75) is 32.0 Å². The lowest BCUT2D eigenvalue weighted by Gasteiger charge is -2.40. The third-order valence-corrected chi connectivity index (χ3v) is 3.54. The fourth-order valence-electron chi connectivity index (χ4n) is 2.85. The number of carbonyl (C=O) groups is 2. The number of fused-ring (bicyclic) bond motifs is 1. The van der Waals surface area contributed by atoms with Gasteiger partial charge in [-0.3, -0.25) is 4.79 Å². The molecule has 0 unspecified atom stereocenters. The first-order valence-corrected chi connectivity index (χ1v) is 6.26. The van der Waals surface area contributed by atoms with Gasteiger partial charge in [-0.15, -0.1) is 0 Å². The smallest absolute Gasteiger partial charge is 0.471 e. The van der Waals surface area contributed by atoms with Crippen LogP contribution in [0.5, 0.6) is 0 Å². The highest BCUT2D eigenvalue weighted by Crippen LogP contribution is 2.37. The summed E-state index contributed by atoms with van der Waals surface area (Å²) < 4.78 is 37.8. The molecule has 0 aliphatic carbocycles. The van der Waals surface area contributed by atoms with E-state index in [-0.39, 0.29) is 18.7 Å². The van der Waals surface area contributed by atoms with E-state index in [4.69, 9.17) is 0 Å². The quantitative estimate of drug-likeness (QED) is 0.867. The average Bonchev–Trinajstić information content (AvgIpc) is 2.34. The van der Waals surface area contributed by atoms with Crippen LogP contribution in [0, 0.1) is 0 Å². The van der Waals surface area contributed by atoms with Crippen molar-refractivity contribution in [1.29, 1.82) is 0 Å². The van der Waals surface area contributed by atoms with Crippen molar-refractivity contribution in [3.8, 4) is 0 Å². The van der Waals surface area contributed by atoms with Gasteiger partial charge in [-0.05, 0) is 17.2 Å². The van der Waals surface area contributed by atoms with Crippen LogP contribution >= 0.6 is 0 Å². The Hall–Kier alpha value is -2.05. The molecule has 0 fully saturated rings. The minimum Gasteiger partial charge on any atom is -0.478 e. The third-order valence-electron chi connectivity index (χ3n) is 3.54. The first-order chi connectivity index (χ1) is 9.54. The highest BCUT2D eigenvalue weighted by molar-refractivity contribution is 5.91. The molecule has 0 spiro atoms. The minimum atomic E-state index is -4.93. The van der Waals surface area contributed by atoms with Gasteiger partial charge in [-0.25, -0.2) is 4.79 Å². The number of benzene rings is 1. The summed E-state index contributed by atoms with van der Waals surface area (Å²) in [6, 6.07) is 4.45. The number of hydrogen-bond donors (Lipinski definition) is 1. The number of carbonyl (C=O) groups excluding carboxylic acids is 1. The van der Waals surface area contributed by atoms with E-state index in [2.05, 4.69) is 0 Å². The van der Waals surface area contributed by atoms with Gasteiger partial charge in [-0.2, -0.15) is 13.2 Å². The zero-order valence-electron chi connectivity index (χ0n) is 11.5. The number of carboxylic acids is 1. The number of halogens is 3. The number of aromatic carboxylic acids is 1. The minimum absolute atomic E-state index is 0.0663. The molecule has 0 aromatic heterocycles. The number of hydrogen-bond acceptors (Lipinski definition) is 2. The second kappa shape index (κ2) is 4.75. The van der Waals surface area contributed by atoms with Gasteiger partial charge in [0.05, 0.1) is 5.56 Å². The molecular formula is C14H14F3NO3. The second-order valence-corrected chi connectivity index (χ2v) is 5.69. The van der Waals surface area contributed by atoms with E-state index >= 15 is 0 Å². The van der Waals surface area contributed by atoms with Gasteiger partial charge in [-0.1, -0.05) is 26.0 Å². The van der Waals surface area contributed by atoms with E-state index in [9.17, 15) is 27.9 Å². The van der Waals surface area contributed by atoms with E-state index in [0.717, 1.165) is 0 Å². The van der Waals surface area contributed by atoms with Crippen molar-refractivity contribution < 1.29 is 27.9 Å². The van der Waals surface area contributed by atoms with E-state index in [1.54, 1.807) is 19.9 Å². The summed E-state index contributed by atoms with van der Waals surface area (Å²) in [4.78, 5) is 23.4. The molecule has 1 aromatic carbocycles. The van der Waals surface area contributed by atoms with Crippen molar-refractivity contribution >= 4 is 11.9 Å². The average molecular weight is 301 g/mol. The Kier molecular flexibility index (Phi) is 3.47. The normalized spacial score (nSPS) is 17.3. The number of nitrogens with zero attached hydrogens (tertiary/aromatic N) is 1. The predicted octanol–water partition coefficient (Wildman–Crippen LogP) is 2.57. The van der Waals surface area contributed by atoms with Crippen LogP contribution in [-0.2, 0) is 16.8 Å². The summed E-state index contributed by atoms with van der Waals surface area (Å²) in [7, 11) is 0. The zero-order valence-corrected chi connectivity index (χ0v) is 11.5. The lowest BCUT2D eigenvalue weighted by Crippen LogP contribution is -2.50. The first-order valence-electron chi connectivity index (χ1n) is 6.26. The molecule has 1 amide bonds. The van der Waals surface area contributed by atoms with Crippen LogP contribution in [-0.4, -0.2) is 34.6 Å². The maximum absolute atomic E-state index is 12.6.